The number of anilines is 1. The highest BCUT2D eigenvalue weighted by molar-refractivity contribution is 7.13. The lowest BCUT2D eigenvalue weighted by atomic mass is 10.2. The second-order valence-corrected chi connectivity index (χ2v) is 4.57. The van der Waals surface area contributed by atoms with Crippen molar-refractivity contribution in [2.45, 2.75) is 0 Å². The maximum absolute atomic E-state index is 8.83. The number of hydrogen-bond donors (Lipinski definition) is 2. The normalized spacial score (nSPS) is 11.2. The number of nitrogens with one attached hydrogen (secondary N) is 1. The summed E-state index contributed by atoms with van der Waals surface area (Å²) in [6.45, 7) is -0.0840. The minimum absolute atomic E-state index is 0.0840. The van der Waals surface area contributed by atoms with Crippen LogP contribution in [0.15, 0.2) is 23.2 Å². The number of rotatable bonds is 4. The van der Waals surface area contributed by atoms with E-state index in [9.17, 15) is 0 Å². The monoisotopic (exact) mass is 250 g/mol. The van der Waals surface area contributed by atoms with Crippen molar-refractivity contribution >= 4 is 39.5 Å². The van der Waals surface area contributed by atoms with Crippen molar-refractivity contribution in [3.8, 4) is 0 Å². The first kappa shape index (κ1) is 11.8. The summed E-state index contributed by atoms with van der Waals surface area (Å²) in [4.78, 5) is 6.17. The van der Waals surface area contributed by atoms with Crippen LogP contribution in [0.4, 0.5) is 11.5 Å². The molecule has 0 radical (unpaired) electrons. The molecule has 0 saturated heterocycles. The topological polar surface area (TPSA) is 60.8 Å². The van der Waals surface area contributed by atoms with Crippen LogP contribution < -0.4 is 5.32 Å². The maximum Gasteiger partial charge on any atom is 0.174 e. The highest BCUT2D eigenvalue weighted by Crippen LogP contribution is 2.30. The van der Waals surface area contributed by atoms with Gasteiger partial charge in [-0.3, -0.25) is 0 Å². The Labute approximate surface area is 104 Å². The van der Waals surface area contributed by atoms with Gasteiger partial charge in [-0.05, 0) is 29.7 Å². The van der Waals surface area contributed by atoms with Crippen LogP contribution in [-0.2, 0) is 0 Å². The Kier molecular flexibility index (Phi) is 3.55. The third kappa shape index (κ3) is 2.72. The van der Waals surface area contributed by atoms with Gasteiger partial charge in [-0.15, -0.1) is 0 Å². The lowest BCUT2D eigenvalue weighted by Gasteiger charge is -2.02. The average Bonchev–Trinajstić information content (AvgIpc) is 2.69. The fourth-order valence-corrected chi connectivity index (χ4v) is 2.10. The van der Waals surface area contributed by atoms with E-state index in [4.69, 9.17) is 5.11 Å². The number of aliphatic hydroxyl groups is 1. The summed E-state index contributed by atoms with van der Waals surface area (Å²) >= 11 is 1.42. The van der Waals surface area contributed by atoms with E-state index in [1.165, 1.54) is 11.5 Å². The second kappa shape index (κ2) is 5.11. The first-order chi connectivity index (χ1) is 8.20. The van der Waals surface area contributed by atoms with Crippen molar-refractivity contribution in [3.63, 3.8) is 0 Å². The van der Waals surface area contributed by atoms with Crippen molar-refractivity contribution in [1.29, 1.82) is 0 Å². The first-order valence-electron chi connectivity index (χ1n) is 5.15. The van der Waals surface area contributed by atoms with E-state index < -0.39 is 0 Å². The third-order valence-electron chi connectivity index (χ3n) is 2.15. The van der Waals surface area contributed by atoms with E-state index in [1.807, 2.05) is 37.2 Å². The molecule has 2 rings (SSSR count). The average molecular weight is 250 g/mol. The lowest BCUT2D eigenvalue weighted by molar-refractivity contribution is 0.326. The molecule has 6 heteroatoms. The Morgan fingerprint density at radius 1 is 1.53 bits per heavy atom. The summed E-state index contributed by atoms with van der Waals surface area (Å²) in [6, 6.07) is 5.83. The first-order valence-corrected chi connectivity index (χ1v) is 5.93. The Morgan fingerprint density at radius 3 is 3.06 bits per heavy atom. The molecule has 0 unspecified atom stereocenters. The van der Waals surface area contributed by atoms with Crippen LogP contribution in [0.5, 0.6) is 0 Å². The highest BCUT2D eigenvalue weighted by Gasteiger charge is 2.05. The molecule has 1 heterocycles. The Hall–Kier alpha value is -1.66. The molecule has 0 spiro atoms. The Morgan fingerprint density at radius 2 is 2.35 bits per heavy atom. The fourth-order valence-electron chi connectivity index (χ4n) is 1.39. The van der Waals surface area contributed by atoms with Gasteiger partial charge in [-0.2, -0.15) is 4.37 Å². The van der Waals surface area contributed by atoms with Gasteiger partial charge in [-0.1, -0.05) is 0 Å². The minimum Gasteiger partial charge on any atom is -0.377 e. The number of hydrogen-bond acceptors (Lipinski definition) is 5. The van der Waals surface area contributed by atoms with Crippen molar-refractivity contribution < 1.29 is 5.11 Å². The van der Waals surface area contributed by atoms with Crippen LogP contribution in [0.1, 0.15) is 0 Å². The molecule has 0 fully saturated rings. The molecule has 1 aromatic heterocycles. The van der Waals surface area contributed by atoms with Crippen LogP contribution in [0, 0.1) is 0 Å². The molecule has 5 nitrogen and oxygen atoms in total. The predicted molar refractivity (Wildman–Crippen MR) is 72.2 cm³/mol. The van der Waals surface area contributed by atoms with Crippen molar-refractivity contribution in [2.24, 2.45) is 4.99 Å². The minimum atomic E-state index is -0.0840. The number of nitrogens with zero attached hydrogens (tertiary/aromatic N) is 3. The summed E-state index contributed by atoms with van der Waals surface area (Å²) in [5.74, 6) is 0.709. The number of aliphatic imine (C=N–C) groups is 1. The zero-order chi connectivity index (χ0) is 12.3. The van der Waals surface area contributed by atoms with E-state index in [0.29, 0.717) is 5.82 Å². The number of aromatic nitrogens is 1. The largest absolute Gasteiger partial charge is 0.377 e. The molecule has 0 atom stereocenters. The molecule has 0 aliphatic heterocycles. The second-order valence-electron chi connectivity index (χ2n) is 3.76. The molecule has 0 amide bonds. The van der Waals surface area contributed by atoms with E-state index >= 15 is 0 Å². The lowest BCUT2D eigenvalue weighted by Crippen LogP contribution is -2.06. The molecule has 90 valence electrons. The molecule has 0 aliphatic rings. The van der Waals surface area contributed by atoms with Crippen LogP contribution >= 0.6 is 11.5 Å². The predicted octanol–water partition coefficient (Wildman–Crippen LogP) is 1.88. The van der Waals surface area contributed by atoms with Gasteiger partial charge in [0.2, 0.25) is 0 Å². The molecule has 17 heavy (non-hydrogen) atoms. The van der Waals surface area contributed by atoms with Crippen LogP contribution in [0.25, 0.3) is 10.1 Å². The van der Waals surface area contributed by atoms with E-state index in [2.05, 4.69) is 14.7 Å². The van der Waals surface area contributed by atoms with E-state index in [1.54, 1.807) is 6.34 Å². The van der Waals surface area contributed by atoms with Gasteiger partial charge in [0.15, 0.2) is 5.82 Å². The number of benzene rings is 1. The Balaban J connectivity index is 2.39. The van der Waals surface area contributed by atoms with Gasteiger partial charge in [0.1, 0.15) is 6.73 Å². The van der Waals surface area contributed by atoms with Gasteiger partial charge in [0, 0.05) is 25.2 Å². The summed E-state index contributed by atoms with van der Waals surface area (Å²) in [7, 11) is 3.83. The highest BCUT2D eigenvalue weighted by atomic mass is 32.1. The van der Waals surface area contributed by atoms with Crippen molar-refractivity contribution in [1.82, 2.24) is 9.27 Å². The van der Waals surface area contributed by atoms with Gasteiger partial charge in [-0.25, -0.2) is 4.99 Å². The molecular weight excluding hydrogens is 236 g/mol. The molecule has 0 saturated carbocycles. The smallest absolute Gasteiger partial charge is 0.174 e. The summed E-state index contributed by atoms with van der Waals surface area (Å²) in [6.07, 6.45) is 1.72. The fraction of sp³-hybridized carbons (Fsp3) is 0.273. The van der Waals surface area contributed by atoms with Gasteiger partial charge < -0.3 is 15.3 Å². The Bertz CT molecular complexity index is 535. The maximum atomic E-state index is 8.83. The summed E-state index contributed by atoms with van der Waals surface area (Å²) in [5, 5.41) is 12.7. The van der Waals surface area contributed by atoms with Gasteiger partial charge in [0.05, 0.1) is 11.0 Å². The van der Waals surface area contributed by atoms with E-state index in [0.717, 1.165) is 15.8 Å². The number of fused-ring (bicyclic) bond motifs is 1. The molecule has 1 aromatic carbocycles. The molecule has 0 aliphatic carbocycles. The molecular formula is C11H14N4OS. The van der Waals surface area contributed by atoms with E-state index in [-0.39, 0.29) is 6.73 Å². The quantitative estimate of drug-likeness (QED) is 0.494. The van der Waals surface area contributed by atoms with Crippen molar-refractivity contribution in [3.05, 3.63) is 18.2 Å². The van der Waals surface area contributed by atoms with Gasteiger partial charge >= 0.3 is 0 Å². The SMILES string of the molecule is CN(C)C=Nc1nsc2ccc(NCO)cc12. The summed E-state index contributed by atoms with van der Waals surface area (Å²) in [5.41, 5.74) is 0.863. The standard InChI is InChI=1S/C11H14N4OS/c1-15(2)6-12-11-9-5-8(13-7-16)3-4-10(9)17-14-11/h3-6,13,16H,7H2,1-2H3. The molecule has 0 bridgehead atoms. The zero-order valence-electron chi connectivity index (χ0n) is 9.71. The summed E-state index contributed by atoms with van der Waals surface area (Å²) < 4.78 is 5.38. The van der Waals surface area contributed by atoms with Crippen LogP contribution in [0.3, 0.4) is 0 Å². The molecule has 2 aromatic rings. The van der Waals surface area contributed by atoms with Crippen LogP contribution in [0.2, 0.25) is 0 Å². The zero-order valence-corrected chi connectivity index (χ0v) is 10.5. The van der Waals surface area contributed by atoms with Crippen molar-refractivity contribution in [2.75, 3.05) is 26.1 Å². The van der Waals surface area contributed by atoms with Crippen LogP contribution in [-0.4, -0.2) is 41.5 Å². The number of aliphatic hydroxyl groups excluding tert-OH is 1. The van der Waals surface area contributed by atoms with Gasteiger partial charge in [0.25, 0.3) is 0 Å². The molecule has 2 N–H and O–H groups in total. The third-order valence-corrected chi connectivity index (χ3v) is 2.96.